The SMILES string of the molecule is Fc1ccc2[nH]nc(Cl)c2c1. The van der Waals surface area contributed by atoms with Crippen molar-refractivity contribution in [2.45, 2.75) is 0 Å². The van der Waals surface area contributed by atoms with Gasteiger partial charge in [-0.1, -0.05) is 11.6 Å². The van der Waals surface area contributed by atoms with Crippen LogP contribution in [0.5, 0.6) is 0 Å². The highest BCUT2D eigenvalue weighted by Gasteiger charge is 2.02. The smallest absolute Gasteiger partial charge is 0.158 e. The summed E-state index contributed by atoms with van der Waals surface area (Å²) in [5.74, 6) is -0.305. The highest BCUT2D eigenvalue weighted by Crippen LogP contribution is 2.20. The van der Waals surface area contributed by atoms with Crippen LogP contribution in [0.15, 0.2) is 18.2 Å². The number of benzene rings is 1. The molecular weight excluding hydrogens is 167 g/mol. The summed E-state index contributed by atoms with van der Waals surface area (Å²) in [6.07, 6.45) is 0. The quantitative estimate of drug-likeness (QED) is 0.646. The van der Waals surface area contributed by atoms with Crippen LogP contribution < -0.4 is 0 Å². The fourth-order valence-electron chi connectivity index (χ4n) is 0.954. The normalized spacial score (nSPS) is 10.7. The van der Waals surface area contributed by atoms with Gasteiger partial charge in [-0.05, 0) is 18.2 Å². The zero-order valence-electron chi connectivity index (χ0n) is 5.44. The van der Waals surface area contributed by atoms with E-state index in [0.717, 1.165) is 5.52 Å². The van der Waals surface area contributed by atoms with E-state index in [1.807, 2.05) is 0 Å². The fraction of sp³-hybridized carbons (Fsp3) is 0. The Morgan fingerprint density at radius 2 is 2.27 bits per heavy atom. The number of nitrogens with zero attached hydrogens (tertiary/aromatic N) is 1. The molecule has 2 rings (SSSR count). The Labute approximate surface area is 67.0 Å². The van der Waals surface area contributed by atoms with Crippen LogP contribution in [0.1, 0.15) is 0 Å². The summed E-state index contributed by atoms with van der Waals surface area (Å²) in [5.41, 5.74) is 0.747. The molecule has 0 bridgehead atoms. The van der Waals surface area contributed by atoms with Crippen LogP contribution >= 0.6 is 11.6 Å². The summed E-state index contributed by atoms with van der Waals surface area (Å²) in [7, 11) is 0. The van der Waals surface area contributed by atoms with Gasteiger partial charge >= 0.3 is 0 Å². The van der Waals surface area contributed by atoms with Gasteiger partial charge < -0.3 is 0 Å². The molecule has 0 atom stereocenters. The van der Waals surface area contributed by atoms with Crippen molar-refractivity contribution in [1.82, 2.24) is 10.2 Å². The second-order valence-corrected chi connectivity index (χ2v) is 2.56. The lowest BCUT2D eigenvalue weighted by molar-refractivity contribution is 0.630. The maximum absolute atomic E-state index is 12.6. The second kappa shape index (κ2) is 2.20. The Balaban J connectivity index is 2.87. The number of aromatic amines is 1. The molecule has 56 valence electrons. The molecule has 1 heterocycles. The van der Waals surface area contributed by atoms with Crippen molar-refractivity contribution in [2.24, 2.45) is 0 Å². The fourth-order valence-corrected chi connectivity index (χ4v) is 1.15. The Bertz CT molecular complexity index is 396. The van der Waals surface area contributed by atoms with E-state index in [0.29, 0.717) is 10.5 Å². The van der Waals surface area contributed by atoms with Crippen LogP contribution in [0.2, 0.25) is 5.15 Å². The molecule has 1 aromatic heterocycles. The number of hydrogen-bond donors (Lipinski definition) is 1. The number of rotatable bonds is 0. The predicted octanol–water partition coefficient (Wildman–Crippen LogP) is 2.36. The summed E-state index contributed by atoms with van der Waals surface area (Å²) < 4.78 is 12.6. The summed E-state index contributed by atoms with van der Waals surface area (Å²) in [5, 5.41) is 7.30. The third-order valence-corrected chi connectivity index (χ3v) is 1.77. The van der Waals surface area contributed by atoms with Crippen LogP contribution in [0.25, 0.3) is 10.9 Å². The first kappa shape index (κ1) is 6.61. The third-order valence-electron chi connectivity index (χ3n) is 1.48. The van der Waals surface area contributed by atoms with Gasteiger partial charge in [0.1, 0.15) is 5.82 Å². The van der Waals surface area contributed by atoms with Crippen LogP contribution in [-0.2, 0) is 0 Å². The largest absolute Gasteiger partial charge is 0.276 e. The molecule has 4 heteroatoms. The van der Waals surface area contributed by atoms with E-state index in [1.165, 1.54) is 12.1 Å². The number of nitrogens with one attached hydrogen (secondary N) is 1. The number of H-pyrrole nitrogens is 1. The zero-order valence-corrected chi connectivity index (χ0v) is 6.19. The van der Waals surface area contributed by atoms with Gasteiger partial charge in [-0.3, -0.25) is 5.10 Å². The lowest BCUT2D eigenvalue weighted by Gasteiger charge is -1.87. The molecule has 0 fully saturated rings. The molecule has 0 spiro atoms. The zero-order chi connectivity index (χ0) is 7.84. The molecule has 1 N–H and O–H groups in total. The van der Waals surface area contributed by atoms with Gasteiger partial charge in [0.15, 0.2) is 5.15 Å². The summed E-state index contributed by atoms with van der Waals surface area (Å²) in [6.45, 7) is 0. The summed E-state index contributed by atoms with van der Waals surface area (Å²) in [4.78, 5) is 0. The van der Waals surface area contributed by atoms with Crippen molar-refractivity contribution in [2.75, 3.05) is 0 Å². The Morgan fingerprint density at radius 1 is 1.45 bits per heavy atom. The van der Waals surface area contributed by atoms with Crippen LogP contribution in [0, 0.1) is 5.82 Å². The molecular formula is C7H4ClFN2. The minimum atomic E-state index is -0.305. The number of hydrogen-bond acceptors (Lipinski definition) is 1. The summed E-state index contributed by atoms with van der Waals surface area (Å²) >= 11 is 5.64. The van der Waals surface area contributed by atoms with Crippen LogP contribution in [0.3, 0.4) is 0 Å². The first-order chi connectivity index (χ1) is 5.27. The van der Waals surface area contributed by atoms with Crippen molar-refractivity contribution in [1.29, 1.82) is 0 Å². The van der Waals surface area contributed by atoms with Crippen LogP contribution in [0.4, 0.5) is 4.39 Å². The summed E-state index contributed by atoms with van der Waals surface area (Å²) in [6, 6.07) is 4.31. The molecule has 2 nitrogen and oxygen atoms in total. The Morgan fingerprint density at radius 3 is 3.09 bits per heavy atom. The van der Waals surface area contributed by atoms with E-state index in [-0.39, 0.29) is 5.82 Å². The van der Waals surface area contributed by atoms with E-state index in [9.17, 15) is 4.39 Å². The predicted molar refractivity (Wildman–Crippen MR) is 41.1 cm³/mol. The number of fused-ring (bicyclic) bond motifs is 1. The minimum Gasteiger partial charge on any atom is -0.276 e. The van der Waals surface area contributed by atoms with Crippen molar-refractivity contribution in [3.05, 3.63) is 29.2 Å². The van der Waals surface area contributed by atoms with E-state index >= 15 is 0 Å². The molecule has 0 aliphatic heterocycles. The monoisotopic (exact) mass is 170 g/mol. The highest BCUT2D eigenvalue weighted by atomic mass is 35.5. The molecule has 0 amide bonds. The Hall–Kier alpha value is -1.09. The van der Waals surface area contributed by atoms with Gasteiger partial charge in [0, 0.05) is 5.39 Å². The molecule has 0 aliphatic carbocycles. The molecule has 0 saturated heterocycles. The number of aromatic nitrogens is 2. The van der Waals surface area contributed by atoms with Crippen molar-refractivity contribution in [3.63, 3.8) is 0 Å². The minimum absolute atomic E-state index is 0.305. The van der Waals surface area contributed by atoms with Crippen molar-refractivity contribution in [3.8, 4) is 0 Å². The standard InChI is InChI=1S/C7H4ClFN2/c8-7-5-3-4(9)1-2-6(5)10-11-7/h1-3H,(H,10,11). The van der Waals surface area contributed by atoms with E-state index in [2.05, 4.69) is 10.2 Å². The average molecular weight is 171 g/mol. The van der Waals surface area contributed by atoms with E-state index < -0.39 is 0 Å². The van der Waals surface area contributed by atoms with Gasteiger partial charge in [-0.2, -0.15) is 5.10 Å². The third kappa shape index (κ3) is 0.973. The maximum Gasteiger partial charge on any atom is 0.158 e. The van der Waals surface area contributed by atoms with Gasteiger partial charge in [-0.25, -0.2) is 4.39 Å². The van der Waals surface area contributed by atoms with Crippen molar-refractivity contribution >= 4 is 22.5 Å². The van der Waals surface area contributed by atoms with Gasteiger partial charge in [0.2, 0.25) is 0 Å². The molecule has 1 aromatic carbocycles. The average Bonchev–Trinajstić information content (AvgIpc) is 2.33. The van der Waals surface area contributed by atoms with Crippen LogP contribution in [-0.4, -0.2) is 10.2 Å². The van der Waals surface area contributed by atoms with Crippen molar-refractivity contribution < 1.29 is 4.39 Å². The lowest BCUT2D eigenvalue weighted by Crippen LogP contribution is -1.71. The topological polar surface area (TPSA) is 28.7 Å². The number of halogens is 2. The Kier molecular flexibility index (Phi) is 1.32. The van der Waals surface area contributed by atoms with E-state index in [4.69, 9.17) is 11.6 Å². The highest BCUT2D eigenvalue weighted by molar-refractivity contribution is 6.34. The molecule has 0 aliphatic rings. The molecule has 2 aromatic rings. The van der Waals surface area contributed by atoms with Gasteiger partial charge in [0.05, 0.1) is 5.52 Å². The molecule has 0 saturated carbocycles. The molecule has 0 unspecified atom stereocenters. The second-order valence-electron chi connectivity index (χ2n) is 2.20. The first-order valence-corrected chi connectivity index (χ1v) is 3.44. The molecule has 11 heavy (non-hydrogen) atoms. The lowest BCUT2D eigenvalue weighted by atomic mass is 10.2. The van der Waals surface area contributed by atoms with Gasteiger partial charge in [0.25, 0.3) is 0 Å². The van der Waals surface area contributed by atoms with Gasteiger partial charge in [-0.15, -0.1) is 0 Å². The maximum atomic E-state index is 12.6. The van der Waals surface area contributed by atoms with E-state index in [1.54, 1.807) is 6.07 Å². The first-order valence-electron chi connectivity index (χ1n) is 3.06. The molecule has 0 radical (unpaired) electrons.